The molecule has 0 fully saturated rings. The van der Waals surface area contributed by atoms with Gasteiger partial charge in [-0.25, -0.2) is 0 Å². The van der Waals surface area contributed by atoms with Gasteiger partial charge in [0.15, 0.2) is 11.6 Å². The van der Waals surface area contributed by atoms with Crippen molar-refractivity contribution in [1.29, 1.82) is 0 Å². The highest BCUT2D eigenvalue weighted by molar-refractivity contribution is 6.17. The first-order valence-electron chi connectivity index (χ1n) is 7.67. The number of nitrogens with zero attached hydrogens (tertiary/aromatic N) is 4. The van der Waals surface area contributed by atoms with Crippen LogP contribution < -0.4 is 15.6 Å². The number of nitrogens with one attached hydrogen (secondary N) is 1. The SMILES string of the molecule is CCNC(=O)c1c(C)c(O)n(CCCl)c(=O)c1N=Nc1cc(OC)on1. The zero-order valence-corrected chi connectivity index (χ0v) is 15.2. The molecule has 2 aromatic rings. The van der Waals surface area contributed by atoms with Crippen LogP contribution in [0.15, 0.2) is 25.6 Å². The number of methoxy groups -OCH3 is 1. The number of aromatic hydroxyl groups is 1. The second kappa shape index (κ2) is 8.48. The number of hydrogen-bond acceptors (Lipinski definition) is 8. The van der Waals surface area contributed by atoms with Crippen molar-refractivity contribution >= 4 is 29.0 Å². The van der Waals surface area contributed by atoms with Crippen LogP contribution in [-0.2, 0) is 6.54 Å². The molecule has 0 saturated carbocycles. The van der Waals surface area contributed by atoms with Crippen LogP contribution in [0.3, 0.4) is 0 Å². The van der Waals surface area contributed by atoms with Crippen LogP contribution in [-0.4, -0.2) is 40.3 Å². The molecule has 2 N–H and O–H groups in total. The summed E-state index contributed by atoms with van der Waals surface area (Å²) in [4.78, 5) is 25.1. The third kappa shape index (κ3) is 3.85. The van der Waals surface area contributed by atoms with Gasteiger partial charge in [0.1, 0.15) is 0 Å². The Morgan fingerprint density at radius 1 is 1.50 bits per heavy atom. The number of azo groups is 1. The van der Waals surface area contributed by atoms with Gasteiger partial charge in [0.05, 0.1) is 18.7 Å². The van der Waals surface area contributed by atoms with Crippen LogP contribution in [0.25, 0.3) is 0 Å². The Hall–Kier alpha value is -2.88. The zero-order valence-electron chi connectivity index (χ0n) is 14.4. The average molecular weight is 384 g/mol. The molecule has 0 bridgehead atoms. The number of pyridine rings is 1. The highest BCUT2D eigenvalue weighted by Crippen LogP contribution is 2.28. The molecule has 0 aromatic carbocycles. The van der Waals surface area contributed by atoms with Crippen LogP contribution in [0.4, 0.5) is 11.5 Å². The van der Waals surface area contributed by atoms with Crippen LogP contribution in [0.2, 0.25) is 0 Å². The van der Waals surface area contributed by atoms with E-state index in [0.717, 1.165) is 4.57 Å². The molecule has 0 aliphatic heterocycles. The average Bonchev–Trinajstić information content (AvgIpc) is 3.08. The predicted octanol–water partition coefficient (Wildman–Crippen LogP) is 2.26. The first kappa shape index (κ1) is 19.4. The smallest absolute Gasteiger partial charge is 0.313 e. The molecule has 2 rings (SSSR count). The Morgan fingerprint density at radius 3 is 2.81 bits per heavy atom. The summed E-state index contributed by atoms with van der Waals surface area (Å²) in [6, 6.07) is 1.36. The van der Waals surface area contributed by atoms with Crippen molar-refractivity contribution in [2.75, 3.05) is 19.5 Å². The van der Waals surface area contributed by atoms with Crippen molar-refractivity contribution in [3.05, 3.63) is 27.5 Å². The van der Waals surface area contributed by atoms with E-state index in [1.165, 1.54) is 20.1 Å². The van der Waals surface area contributed by atoms with E-state index >= 15 is 0 Å². The van der Waals surface area contributed by atoms with E-state index in [0.29, 0.717) is 6.54 Å². The number of carbonyl (C=O) groups excluding carboxylic acids is 1. The Bertz CT molecular complexity index is 889. The lowest BCUT2D eigenvalue weighted by Gasteiger charge is -2.14. The third-order valence-electron chi connectivity index (χ3n) is 3.45. The van der Waals surface area contributed by atoms with E-state index in [-0.39, 0.29) is 46.9 Å². The fourth-order valence-corrected chi connectivity index (χ4v) is 2.40. The summed E-state index contributed by atoms with van der Waals surface area (Å²) in [5.41, 5.74) is -0.820. The molecule has 1 amide bonds. The molecule has 10 nitrogen and oxygen atoms in total. The highest BCUT2D eigenvalue weighted by Gasteiger charge is 2.24. The van der Waals surface area contributed by atoms with Gasteiger partial charge in [-0.1, -0.05) is 5.16 Å². The maximum Gasteiger partial charge on any atom is 0.313 e. The first-order valence-corrected chi connectivity index (χ1v) is 8.20. The van der Waals surface area contributed by atoms with Gasteiger partial charge >= 0.3 is 5.95 Å². The van der Waals surface area contributed by atoms with Crippen LogP contribution in [0, 0.1) is 6.92 Å². The summed E-state index contributed by atoms with van der Waals surface area (Å²) in [5.74, 6) is -0.645. The van der Waals surface area contributed by atoms with Crippen LogP contribution >= 0.6 is 11.6 Å². The lowest BCUT2D eigenvalue weighted by atomic mass is 10.1. The molecule has 0 saturated heterocycles. The van der Waals surface area contributed by atoms with Crippen LogP contribution in [0.1, 0.15) is 22.8 Å². The molecule has 0 atom stereocenters. The van der Waals surface area contributed by atoms with E-state index in [4.69, 9.17) is 20.9 Å². The highest BCUT2D eigenvalue weighted by atomic mass is 35.5. The number of hydrogen-bond donors (Lipinski definition) is 2. The molecule has 0 radical (unpaired) electrons. The summed E-state index contributed by atoms with van der Waals surface area (Å²) in [7, 11) is 1.39. The summed E-state index contributed by atoms with van der Waals surface area (Å²) in [5, 5.41) is 24.1. The largest absolute Gasteiger partial charge is 0.494 e. The van der Waals surface area contributed by atoms with Gasteiger partial charge in [-0.2, -0.15) is 0 Å². The number of alkyl halides is 1. The molecule has 2 heterocycles. The van der Waals surface area contributed by atoms with E-state index < -0.39 is 11.5 Å². The van der Waals surface area contributed by atoms with Gasteiger partial charge in [-0.3, -0.25) is 14.2 Å². The quantitative estimate of drug-likeness (QED) is 0.556. The number of ether oxygens (including phenoxy) is 1. The summed E-state index contributed by atoms with van der Waals surface area (Å²) >= 11 is 5.69. The van der Waals surface area contributed by atoms with Crippen molar-refractivity contribution in [1.82, 2.24) is 15.0 Å². The predicted molar refractivity (Wildman–Crippen MR) is 93.1 cm³/mol. The van der Waals surface area contributed by atoms with Crippen molar-refractivity contribution in [2.45, 2.75) is 20.4 Å². The zero-order chi connectivity index (χ0) is 19.3. The molecule has 0 spiro atoms. The standard InChI is InChI=1S/C15H18ClN5O5/c1-4-17-13(22)11-8(2)14(23)21(6-5-16)15(24)12(11)19-18-9-7-10(25-3)26-20-9/h7,23H,4-6H2,1-3H3,(H,17,22). The van der Waals surface area contributed by atoms with Crippen molar-refractivity contribution < 1.29 is 19.2 Å². The Morgan fingerprint density at radius 2 is 2.23 bits per heavy atom. The summed E-state index contributed by atoms with van der Waals surface area (Å²) < 4.78 is 10.7. The van der Waals surface area contributed by atoms with Gasteiger partial charge in [0.25, 0.3) is 11.5 Å². The second-order valence-electron chi connectivity index (χ2n) is 5.09. The van der Waals surface area contributed by atoms with E-state index in [2.05, 4.69) is 20.7 Å². The molecular formula is C15H18ClN5O5. The van der Waals surface area contributed by atoms with Crippen molar-refractivity contribution in [3.8, 4) is 11.8 Å². The minimum Gasteiger partial charge on any atom is -0.494 e. The van der Waals surface area contributed by atoms with Crippen LogP contribution in [0.5, 0.6) is 11.8 Å². The van der Waals surface area contributed by atoms with Gasteiger partial charge in [-0.15, -0.1) is 21.8 Å². The normalized spacial score (nSPS) is 11.1. The van der Waals surface area contributed by atoms with Gasteiger partial charge in [0.2, 0.25) is 5.82 Å². The fourth-order valence-electron chi connectivity index (χ4n) is 2.23. The lowest BCUT2D eigenvalue weighted by molar-refractivity contribution is 0.0955. The minimum atomic E-state index is -0.700. The number of aromatic nitrogens is 2. The van der Waals surface area contributed by atoms with Crippen molar-refractivity contribution in [2.24, 2.45) is 10.2 Å². The van der Waals surface area contributed by atoms with Gasteiger partial charge in [-0.05, 0) is 13.8 Å². The topological polar surface area (TPSA) is 131 Å². The van der Waals surface area contributed by atoms with E-state index in [1.807, 2.05) is 0 Å². The summed E-state index contributed by atoms with van der Waals surface area (Å²) in [6.45, 7) is 3.61. The maximum atomic E-state index is 12.7. The minimum absolute atomic E-state index is 0.0447. The molecule has 2 aromatic heterocycles. The monoisotopic (exact) mass is 383 g/mol. The number of halogens is 1. The molecule has 140 valence electrons. The van der Waals surface area contributed by atoms with E-state index in [1.54, 1.807) is 6.92 Å². The molecule has 0 aliphatic carbocycles. The molecule has 11 heteroatoms. The number of rotatable bonds is 7. The fraction of sp³-hybridized carbons (Fsp3) is 0.400. The molecule has 0 aliphatic rings. The number of carbonyl (C=O) groups is 1. The Balaban J connectivity index is 2.63. The molecule has 0 unspecified atom stereocenters. The van der Waals surface area contributed by atoms with Crippen molar-refractivity contribution in [3.63, 3.8) is 0 Å². The first-order chi connectivity index (χ1) is 12.4. The summed E-state index contributed by atoms with van der Waals surface area (Å²) in [6.07, 6.45) is 0. The second-order valence-corrected chi connectivity index (χ2v) is 5.46. The van der Waals surface area contributed by atoms with Gasteiger partial charge < -0.3 is 19.7 Å². The molecule has 26 heavy (non-hydrogen) atoms. The van der Waals surface area contributed by atoms with Gasteiger partial charge in [0, 0.05) is 24.5 Å². The Kier molecular flexibility index (Phi) is 6.34. The number of amides is 1. The Labute approximate surface area is 153 Å². The third-order valence-corrected chi connectivity index (χ3v) is 3.62. The van der Waals surface area contributed by atoms with E-state index in [9.17, 15) is 14.7 Å². The lowest BCUT2D eigenvalue weighted by Crippen LogP contribution is -2.29. The maximum absolute atomic E-state index is 12.7. The molecular weight excluding hydrogens is 366 g/mol.